The van der Waals surface area contributed by atoms with E-state index in [-0.39, 0.29) is 5.91 Å². The Bertz CT molecular complexity index is 772. The predicted molar refractivity (Wildman–Crippen MR) is 84.4 cm³/mol. The smallest absolute Gasteiger partial charge is 0.287 e. The molecule has 5 nitrogen and oxygen atoms in total. The van der Waals surface area contributed by atoms with Crippen LogP contribution in [-0.2, 0) is 13.1 Å². The summed E-state index contributed by atoms with van der Waals surface area (Å²) in [5.74, 6) is 1.44. The van der Waals surface area contributed by atoms with Crippen LogP contribution in [0.25, 0.3) is 11.0 Å². The first-order chi connectivity index (χ1) is 10.6. The lowest BCUT2D eigenvalue weighted by atomic mass is 10.2. The Labute approximate surface area is 129 Å². The monoisotopic (exact) mass is 297 g/mol. The van der Waals surface area contributed by atoms with Crippen LogP contribution in [0.4, 0.5) is 0 Å². The quantitative estimate of drug-likeness (QED) is 0.786. The number of para-hydroxylation sites is 2. The number of rotatable bonds is 5. The molecule has 0 atom stereocenters. The molecule has 0 saturated heterocycles. The Hall–Kier alpha value is -2.56. The number of fused-ring (bicyclic) bond motifs is 1. The van der Waals surface area contributed by atoms with Crippen molar-refractivity contribution in [3.05, 3.63) is 54.2 Å². The lowest BCUT2D eigenvalue weighted by Crippen LogP contribution is -2.24. The van der Waals surface area contributed by atoms with Crippen molar-refractivity contribution in [2.24, 2.45) is 5.92 Å². The molecule has 2 aromatic heterocycles. The zero-order valence-corrected chi connectivity index (χ0v) is 12.7. The van der Waals surface area contributed by atoms with E-state index in [1.165, 1.54) is 6.26 Å². The second-order valence-corrected chi connectivity index (χ2v) is 5.68. The largest absolute Gasteiger partial charge is 0.459 e. The van der Waals surface area contributed by atoms with Gasteiger partial charge < -0.3 is 14.3 Å². The van der Waals surface area contributed by atoms with E-state index in [9.17, 15) is 4.79 Å². The van der Waals surface area contributed by atoms with E-state index in [2.05, 4.69) is 34.8 Å². The van der Waals surface area contributed by atoms with Crippen LogP contribution in [0.5, 0.6) is 0 Å². The van der Waals surface area contributed by atoms with E-state index in [1.54, 1.807) is 12.1 Å². The van der Waals surface area contributed by atoms with Crippen LogP contribution in [0.1, 0.15) is 30.2 Å². The minimum Gasteiger partial charge on any atom is -0.459 e. The minimum atomic E-state index is -0.229. The second-order valence-electron chi connectivity index (χ2n) is 5.68. The zero-order valence-electron chi connectivity index (χ0n) is 12.7. The summed E-state index contributed by atoms with van der Waals surface area (Å²) in [6.45, 7) is 5.58. The maximum absolute atomic E-state index is 12.0. The van der Waals surface area contributed by atoms with Gasteiger partial charge >= 0.3 is 0 Å². The summed E-state index contributed by atoms with van der Waals surface area (Å²) in [6, 6.07) is 11.4. The first kappa shape index (κ1) is 14.4. The van der Waals surface area contributed by atoms with Gasteiger partial charge in [-0.2, -0.15) is 0 Å². The average Bonchev–Trinajstić information content (AvgIpc) is 3.13. The van der Waals surface area contributed by atoms with Crippen molar-refractivity contribution >= 4 is 16.9 Å². The molecule has 3 rings (SSSR count). The predicted octanol–water partition coefficient (Wildman–Crippen LogP) is 3.22. The highest BCUT2D eigenvalue weighted by Gasteiger charge is 2.14. The van der Waals surface area contributed by atoms with Gasteiger partial charge in [-0.1, -0.05) is 26.0 Å². The third-order valence-electron chi connectivity index (χ3n) is 3.43. The molecule has 0 radical (unpaired) electrons. The third-order valence-corrected chi connectivity index (χ3v) is 3.43. The lowest BCUT2D eigenvalue weighted by molar-refractivity contribution is 0.0921. The van der Waals surface area contributed by atoms with E-state index in [1.807, 2.05) is 18.2 Å². The summed E-state index contributed by atoms with van der Waals surface area (Å²) in [7, 11) is 0. The molecule has 22 heavy (non-hydrogen) atoms. The number of hydrogen-bond acceptors (Lipinski definition) is 3. The van der Waals surface area contributed by atoms with Gasteiger partial charge in [0.15, 0.2) is 5.76 Å². The maximum atomic E-state index is 12.0. The number of nitrogens with one attached hydrogen (secondary N) is 1. The fourth-order valence-electron chi connectivity index (χ4n) is 2.48. The van der Waals surface area contributed by atoms with Crippen LogP contribution in [0.2, 0.25) is 0 Å². The Morgan fingerprint density at radius 1 is 1.27 bits per heavy atom. The summed E-state index contributed by atoms with van der Waals surface area (Å²) >= 11 is 0. The summed E-state index contributed by atoms with van der Waals surface area (Å²) in [6.07, 6.45) is 1.49. The number of aromatic nitrogens is 2. The number of furan rings is 1. The standard InChI is InChI=1S/C17H19N3O2/c1-12(2)11-20-14-7-4-3-6-13(14)19-16(20)10-18-17(21)15-8-5-9-22-15/h3-9,12H,10-11H2,1-2H3,(H,18,21). The second kappa shape index (κ2) is 6.05. The maximum Gasteiger partial charge on any atom is 0.287 e. The van der Waals surface area contributed by atoms with Gasteiger partial charge in [-0.05, 0) is 30.2 Å². The lowest BCUT2D eigenvalue weighted by Gasteiger charge is -2.12. The Balaban J connectivity index is 1.84. The molecule has 0 unspecified atom stereocenters. The van der Waals surface area contributed by atoms with E-state index >= 15 is 0 Å². The Morgan fingerprint density at radius 3 is 2.82 bits per heavy atom. The number of carbonyl (C=O) groups is 1. The molecule has 114 valence electrons. The summed E-state index contributed by atoms with van der Waals surface area (Å²) in [4.78, 5) is 16.6. The highest BCUT2D eigenvalue weighted by atomic mass is 16.3. The molecule has 5 heteroatoms. The first-order valence-corrected chi connectivity index (χ1v) is 7.41. The van der Waals surface area contributed by atoms with Gasteiger partial charge in [0.25, 0.3) is 5.91 Å². The molecular weight excluding hydrogens is 278 g/mol. The average molecular weight is 297 g/mol. The topological polar surface area (TPSA) is 60.1 Å². The highest BCUT2D eigenvalue weighted by molar-refractivity contribution is 5.91. The number of benzene rings is 1. The van der Waals surface area contributed by atoms with Crippen LogP contribution in [0.3, 0.4) is 0 Å². The molecule has 0 aliphatic heterocycles. The normalized spacial score (nSPS) is 11.2. The zero-order chi connectivity index (χ0) is 15.5. The molecule has 1 N–H and O–H groups in total. The Morgan fingerprint density at radius 2 is 2.09 bits per heavy atom. The summed E-state index contributed by atoms with van der Waals surface area (Å²) < 4.78 is 7.27. The molecule has 2 heterocycles. The molecule has 0 bridgehead atoms. The van der Waals surface area contributed by atoms with Crippen LogP contribution >= 0.6 is 0 Å². The summed E-state index contributed by atoms with van der Waals surface area (Å²) in [5, 5.41) is 2.86. The van der Waals surface area contributed by atoms with Crippen molar-refractivity contribution in [3.8, 4) is 0 Å². The molecule has 0 fully saturated rings. The molecular formula is C17H19N3O2. The highest BCUT2D eigenvalue weighted by Crippen LogP contribution is 2.18. The van der Waals surface area contributed by atoms with Gasteiger partial charge in [0.1, 0.15) is 5.82 Å². The molecule has 3 aromatic rings. The SMILES string of the molecule is CC(C)Cn1c(CNC(=O)c2ccco2)nc2ccccc21. The van der Waals surface area contributed by atoms with Crippen molar-refractivity contribution in [1.29, 1.82) is 0 Å². The fourth-order valence-corrected chi connectivity index (χ4v) is 2.48. The van der Waals surface area contributed by atoms with Gasteiger partial charge in [-0.3, -0.25) is 4.79 Å². The van der Waals surface area contributed by atoms with Crippen molar-refractivity contribution in [2.75, 3.05) is 0 Å². The van der Waals surface area contributed by atoms with Crippen molar-refractivity contribution in [3.63, 3.8) is 0 Å². The van der Waals surface area contributed by atoms with Gasteiger partial charge in [-0.25, -0.2) is 4.98 Å². The molecule has 0 spiro atoms. The molecule has 0 aliphatic rings. The van der Waals surface area contributed by atoms with E-state index < -0.39 is 0 Å². The number of amides is 1. The first-order valence-electron chi connectivity index (χ1n) is 7.41. The molecule has 1 aromatic carbocycles. The minimum absolute atomic E-state index is 0.229. The van der Waals surface area contributed by atoms with E-state index in [0.717, 1.165) is 23.4 Å². The van der Waals surface area contributed by atoms with Crippen LogP contribution in [0, 0.1) is 5.92 Å². The number of carbonyl (C=O) groups excluding carboxylic acids is 1. The fraction of sp³-hybridized carbons (Fsp3) is 0.294. The van der Waals surface area contributed by atoms with Crippen LogP contribution in [-0.4, -0.2) is 15.5 Å². The van der Waals surface area contributed by atoms with Gasteiger partial charge in [-0.15, -0.1) is 0 Å². The van der Waals surface area contributed by atoms with Crippen LogP contribution < -0.4 is 5.32 Å². The van der Waals surface area contributed by atoms with Gasteiger partial charge in [0.05, 0.1) is 23.8 Å². The molecule has 0 saturated carbocycles. The number of nitrogens with zero attached hydrogens (tertiary/aromatic N) is 2. The third kappa shape index (κ3) is 2.88. The number of imidazole rings is 1. The van der Waals surface area contributed by atoms with Gasteiger partial charge in [0.2, 0.25) is 0 Å². The van der Waals surface area contributed by atoms with E-state index in [4.69, 9.17) is 4.42 Å². The number of hydrogen-bond donors (Lipinski definition) is 1. The Kier molecular flexibility index (Phi) is 3.96. The molecule has 1 amide bonds. The van der Waals surface area contributed by atoms with Crippen LogP contribution in [0.15, 0.2) is 47.1 Å². The van der Waals surface area contributed by atoms with Crippen molar-refractivity contribution in [1.82, 2.24) is 14.9 Å². The van der Waals surface area contributed by atoms with Crippen molar-refractivity contribution < 1.29 is 9.21 Å². The summed E-state index contributed by atoms with van der Waals surface area (Å²) in [5.41, 5.74) is 2.05. The van der Waals surface area contributed by atoms with Gasteiger partial charge in [0, 0.05) is 6.54 Å². The molecule has 0 aliphatic carbocycles. The van der Waals surface area contributed by atoms with Crippen molar-refractivity contribution in [2.45, 2.75) is 26.9 Å². The van der Waals surface area contributed by atoms with E-state index in [0.29, 0.717) is 18.2 Å².